The van der Waals surface area contributed by atoms with Crippen molar-refractivity contribution in [2.45, 2.75) is 32.7 Å². The van der Waals surface area contributed by atoms with Gasteiger partial charge in [-0.15, -0.1) is 11.3 Å². The van der Waals surface area contributed by atoms with Crippen LogP contribution in [0.3, 0.4) is 0 Å². The van der Waals surface area contributed by atoms with Crippen LogP contribution in [0.5, 0.6) is 0 Å². The summed E-state index contributed by atoms with van der Waals surface area (Å²) in [6.07, 6.45) is 2.08. The van der Waals surface area contributed by atoms with Gasteiger partial charge < -0.3 is 5.73 Å². The molecule has 2 heteroatoms. The van der Waals surface area contributed by atoms with Crippen LogP contribution < -0.4 is 5.73 Å². The van der Waals surface area contributed by atoms with Crippen molar-refractivity contribution in [2.24, 2.45) is 5.73 Å². The van der Waals surface area contributed by atoms with Crippen LogP contribution in [-0.4, -0.2) is 0 Å². The summed E-state index contributed by atoms with van der Waals surface area (Å²) < 4.78 is 0. The van der Waals surface area contributed by atoms with E-state index in [1.807, 2.05) is 11.3 Å². The Balaban J connectivity index is 2.30. The van der Waals surface area contributed by atoms with Gasteiger partial charge in [0, 0.05) is 15.8 Å². The molecule has 2 rings (SSSR count). The highest BCUT2D eigenvalue weighted by Crippen LogP contribution is 2.32. The Morgan fingerprint density at radius 2 is 2.00 bits per heavy atom. The predicted molar refractivity (Wildman–Crippen MR) is 76.4 cm³/mol. The molecular formula is C15H19NS. The summed E-state index contributed by atoms with van der Waals surface area (Å²) in [7, 11) is 0. The van der Waals surface area contributed by atoms with E-state index in [0.29, 0.717) is 0 Å². The van der Waals surface area contributed by atoms with Crippen molar-refractivity contribution in [3.8, 4) is 10.4 Å². The van der Waals surface area contributed by atoms with E-state index in [0.717, 1.165) is 12.8 Å². The van der Waals surface area contributed by atoms with Crippen molar-refractivity contribution < 1.29 is 0 Å². The van der Waals surface area contributed by atoms with Crippen LogP contribution in [0.1, 0.15) is 36.8 Å². The number of nitrogens with two attached hydrogens (primary N) is 1. The van der Waals surface area contributed by atoms with Crippen LogP contribution in [0.15, 0.2) is 36.4 Å². The maximum absolute atomic E-state index is 6.05. The molecule has 0 aliphatic carbocycles. The molecular weight excluding hydrogens is 226 g/mol. The Bertz CT molecular complexity index is 487. The molecule has 1 unspecified atom stereocenters. The van der Waals surface area contributed by atoms with Crippen LogP contribution in [0, 0.1) is 0 Å². The van der Waals surface area contributed by atoms with Crippen molar-refractivity contribution in [1.29, 1.82) is 0 Å². The third-order valence-corrected chi connectivity index (χ3v) is 4.32. The van der Waals surface area contributed by atoms with Crippen LogP contribution in [0.4, 0.5) is 0 Å². The smallest absolute Gasteiger partial charge is 0.0387 e. The lowest BCUT2D eigenvalue weighted by atomic mass is 10.1. The largest absolute Gasteiger partial charge is 0.323 e. The average Bonchev–Trinajstić information content (AvgIpc) is 2.87. The molecule has 0 fully saturated rings. The van der Waals surface area contributed by atoms with Crippen LogP contribution in [0.2, 0.25) is 0 Å². The van der Waals surface area contributed by atoms with Crippen molar-refractivity contribution in [1.82, 2.24) is 0 Å². The minimum absolute atomic E-state index is 0.183. The molecule has 90 valence electrons. The standard InChI is InChI=1S/C15H19NS/c1-3-11-6-5-7-12(10-11)14-8-9-15(17-14)13(16)4-2/h5-10,13H,3-4,16H2,1-2H3. The van der Waals surface area contributed by atoms with Crippen molar-refractivity contribution in [3.05, 3.63) is 46.8 Å². The third kappa shape index (κ3) is 2.76. The van der Waals surface area contributed by atoms with Gasteiger partial charge in [-0.25, -0.2) is 0 Å². The lowest BCUT2D eigenvalue weighted by Gasteiger charge is -2.04. The van der Waals surface area contributed by atoms with E-state index in [2.05, 4.69) is 50.2 Å². The maximum atomic E-state index is 6.05. The van der Waals surface area contributed by atoms with Crippen molar-refractivity contribution >= 4 is 11.3 Å². The molecule has 2 aromatic rings. The predicted octanol–water partition coefficient (Wildman–Crippen LogP) is 4.39. The molecule has 2 N–H and O–H groups in total. The molecule has 0 spiro atoms. The molecule has 1 aromatic carbocycles. The van der Waals surface area contributed by atoms with Crippen molar-refractivity contribution in [3.63, 3.8) is 0 Å². The first-order valence-electron chi connectivity index (χ1n) is 6.19. The molecule has 0 bridgehead atoms. The molecule has 1 atom stereocenters. The van der Waals surface area contributed by atoms with Gasteiger partial charge in [-0.3, -0.25) is 0 Å². The number of benzene rings is 1. The zero-order valence-corrected chi connectivity index (χ0v) is 11.3. The highest BCUT2D eigenvalue weighted by molar-refractivity contribution is 7.15. The van der Waals surface area contributed by atoms with Gasteiger partial charge in [0.1, 0.15) is 0 Å². The fourth-order valence-corrected chi connectivity index (χ4v) is 2.94. The molecule has 0 amide bonds. The average molecular weight is 245 g/mol. The normalized spacial score (nSPS) is 12.6. The molecule has 0 aliphatic rings. The third-order valence-electron chi connectivity index (χ3n) is 3.05. The van der Waals surface area contributed by atoms with Crippen LogP contribution >= 0.6 is 11.3 Å². The van der Waals surface area contributed by atoms with Crippen LogP contribution in [-0.2, 0) is 6.42 Å². The Morgan fingerprint density at radius 1 is 1.18 bits per heavy atom. The van der Waals surface area contributed by atoms with Gasteiger partial charge in [0.15, 0.2) is 0 Å². The summed E-state index contributed by atoms with van der Waals surface area (Å²) >= 11 is 1.81. The quantitative estimate of drug-likeness (QED) is 0.849. The first-order valence-corrected chi connectivity index (χ1v) is 7.00. The summed E-state index contributed by atoms with van der Waals surface area (Å²) in [6, 6.07) is 13.3. The lowest BCUT2D eigenvalue weighted by Crippen LogP contribution is -2.05. The SMILES string of the molecule is CCc1cccc(-c2ccc(C(N)CC)s2)c1. The minimum atomic E-state index is 0.183. The Kier molecular flexibility index (Phi) is 3.97. The van der Waals surface area contributed by atoms with Crippen molar-refractivity contribution in [2.75, 3.05) is 0 Å². The summed E-state index contributed by atoms with van der Waals surface area (Å²) in [5.41, 5.74) is 8.75. The maximum Gasteiger partial charge on any atom is 0.0387 e. The molecule has 0 saturated carbocycles. The Hall–Kier alpha value is -1.12. The number of thiophene rings is 1. The highest BCUT2D eigenvalue weighted by Gasteiger charge is 2.08. The van der Waals surface area contributed by atoms with E-state index in [1.165, 1.54) is 20.9 Å². The fourth-order valence-electron chi connectivity index (χ4n) is 1.85. The van der Waals surface area contributed by atoms with Crippen LogP contribution in [0.25, 0.3) is 10.4 Å². The summed E-state index contributed by atoms with van der Waals surface area (Å²) in [5.74, 6) is 0. The van der Waals surface area contributed by atoms with E-state index in [9.17, 15) is 0 Å². The van der Waals surface area contributed by atoms with Gasteiger partial charge in [0.2, 0.25) is 0 Å². The zero-order valence-electron chi connectivity index (χ0n) is 10.4. The molecule has 0 saturated heterocycles. The van der Waals surface area contributed by atoms with E-state index in [1.54, 1.807) is 0 Å². The summed E-state index contributed by atoms with van der Waals surface area (Å²) in [5, 5.41) is 0. The van der Waals surface area contributed by atoms with E-state index in [-0.39, 0.29) is 6.04 Å². The number of hydrogen-bond acceptors (Lipinski definition) is 2. The molecule has 0 radical (unpaired) electrons. The van der Waals surface area contributed by atoms with Gasteiger partial charge in [-0.2, -0.15) is 0 Å². The fraction of sp³-hybridized carbons (Fsp3) is 0.333. The summed E-state index contributed by atoms with van der Waals surface area (Å²) in [4.78, 5) is 2.60. The van der Waals surface area contributed by atoms with Gasteiger partial charge >= 0.3 is 0 Å². The number of rotatable bonds is 4. The zero-order chi connectivity index (χ0) is 12.3. The van der Waals surface area contributed by atoms with Gasteiger partial charge in [-0.1, -0.05) is 38.1 Å². The van der Waals surface area contributed by atoms with E-state index >= 15 is 0 Å². The van der Waals surface area contributed by atoms with Gasteiger partial charge in [0.25, 0.3) is 0 Å². The Morgan fingerprint density at radius 3 is 2.71 bits per heavy atom. The monoisotopic (exact) mass is 245 g/mol. The highest BCUT2D eigenvalue weighted by atomic mass is 32.1. The first kappa shape index (κ1) is 12.3. The lowest BCUT2D eigenvalue weighted by molar-refractivity contribution is 0.712. The van der Waals surface area contributed by atoms with Gasteiger partial charge in [0.05, 0.1) is 0 Å². The minimum Gasteiger partial charge on any atom is -0.323 e. The second-order valence-electron chi connectivity index (χ2n) is 4.27. The molecule has 1 nitrogen and oxygen atoms in total. The number of aryl methyl sites for hydroxylation is 1. The first-order chi connectivity index (χ1) is 8.24. The summed E-state index contributed by atoms with van der Waals surface area (Å²) in [6.45, 7) is 4.31. The van der Waals surface area contributed by atoms with Gasteiger partial charge in [-0.05, 0) is 36.1 Å². The van der Waals surface area contributed by atoms with E-state index < -0.39 is 0 Å². The number of hydrogen-bond donors (Lipinski definition) is 1. The molecule has 1 heterocycles. The topological polar surface area (TPSA) is 26.0 Å². The second-order valence-corrected chi connectivity index (χ2v) is 5.39. The molecule has 0 aliphatic heterocycles. The molecule has 17 heavy (non-hydrogen) atoms. The second kappa shape index (κ2) is 5.48. The van der Waals surface area contributed by atoms with E-state index in [4.69, 9.17) is 5.73 Å². The molecule has 1 aromatic heterocycles. The Labute approximate surface area is 107 Å².